The first-order valence-corrected chi connectivity index (χ1v) is 6.31. The molecule has 1 heterocycles. The third kappa shape index (κ3) is 2.49. The number of rotatable bonds is 1. The van der Waals surface area contributed by atoms with E-state index in [1.165, 1.54) is 18.7 Å². The first-order chi connectivity index (χ1) is 9.86. The Morgan fingerprint density at radius 1 is 1.33 bits per heavy atom. The normalized spacial score (nSPS) is 15.9. The molecule has 110 valence electrons. The molecule has 0 bridgehead atoms. The number of amides is 2. The summed E-state index contributed by atoms with van der Waals surface area (Å²) in [4.78, 5) is 36.8. The lowest BCUT2D eigenvalue weighted by Gasteiger charge is -2.31. The number of nitrogens with one attached hydrogen (secondary N) is 1. The Kier molecular flexibility index (Phi) is 3.75. The van der Waals surface area contributed by atoms with E-state index in [0.717, 1.165) is 5.56 Å². The second-order valence-electron chi connectivity index (χ2n) is 4.82. The van der Waals surface area contributed by atoms with Crippen molar-refractivity contribution in [2.24, 2.45) is 5.16 Å². The van der Waals surface area contributed by atoms with Crippen LogP contribution in [0.15, 0.2) is 17.3 Å². The average Bonchev–Trinajstić information content (AvgIpc) is 2.41. The van der Waals surface area contributed by atoms with E-state index >= 15 is 0 Å². The Balaban J connectivity index is 2.74. The number of hydrogen-bond acceptors (Lipinski definition) is 5. The summed E-state index contributed by atoms with van der Waals surface area (Å²) < 4.78 is 0. The van der Waals surface area contributed by atoms with Crippen LogP contribution in [0.3, 0.4) is 0 Å². The number of hydrogen-bond donors (Lipinski definition) is 2. The van der Waals surface area contributed by atoms with E-state index in [4.69, 9.17) is 5.21 Å². The fraction of sp³-hybridized carbons (Fsp3) is 0.286. The minimum Gasteiger partial charge on any atom is -0.410 e. The molecule has 0 saturated carbocycles. The molecule has 0 aliphatic carbocycles. The van der Waals surface area contributed by atoms with Crippen LogP contribution in [0.2, 0.25) is 0 Å². The molecule has 1 aliphatic rings. The number of carbonyl (C=O) groups excluding carboxylic acids is 3. The van der Waals surface area contributed by atoms with Crippen LogP contribution in [0.25, 0.3) is 0 Å². The molecule has 1 aromatic carbocycles. The minimum atomic E-state index is -0.502. The predicted molar refractivity (Wildman–Crippen MR) is 77.1 cm³/mol. The molecule has 2 amide bonds. The molecular weight excluding hydrogens is 274 g/mol. The quantitative estimate of drug-likeness (QED) is 0.602. The van der Waals surface area contributed by atoms with Gasteiger partial charge in [-0.25, -0.2) is 0 Å². The number of fused-ring (bicyclic) bond motifs is 1. The van der Waals surface area contributed by atoms with E-state index in [0.29, 0.717) is 11.4 Å². The van der Waals surface area contributed by atoms with E-state index in [9.17, 15) is 14.4 Å². The van der Waals surface area contributed by atoms with Crippen LogP contribution in [0.1, 0.15) is 29.8 Å². The van der Waals surface area contributed by atoms with E-state index in [2.05, 4.69) is 10.5 Å². The maximum atomic E-state index is 12.4. The molecule has 0 fully saturated rings. The molecule has 0 spiro atoms. The Hall–Kier alpha value is -2.70. The lowest BCUT2D eigenvalue weighted by Crippen LogP contribution is -2.43. The molecule has 1 aromatic rings. The average molecular weight is 289 g/mol. The molecule has 2 rings (SSSR count). The Morgan fingerprint density at radius 3 is 2.52 bits per heavy atom. The van der Waals surface area contributed by atoms with Gasteiger partial charge >= 0.3 is 0 Å². The number of ketones is 1. The van der Waals surface area contributed by atoms with Gasteiger partial charge in [-0.05, 0) is 18.6 Å². The Labute approximate surface area is 121 Å². The van der Waals surface area contributed by atoms with Crippen LogP contribution in [0.5, 0.6) is 0 Å². The van der Waals surface area contributed by atoms with Crippen LogP contribution >= 0.6 is 0 Å². The molecular formula is C14H15N3O4. The number of Topliss-reactive ketones (excluding diaryl/α,β-unsaturated/α-hetero) is 1. The van der Waals surface area contributed by atoms with Gasteiger partial charge in [-0.2, -0.15) is 0 Å². The van der Waals surface area contributed by atoms with E-state index < -0.39 is 5.78 Å². The smallest absolute Gasteiger partial charge is 0.224 e. The first kappa shape index (κ1) is 14.7. The number of carbonyl (C=O) groups is 3. The summed E-state index contributed by atoms with van der Waals surface area (Å²) in [6.45, 7) is 4.35. The number of aryl methyl sites for hydroxylation is 1. The fourth-order valence-corrected chi connectivity index (χ4v) is 2.36. The molecule has 21 heavy (non-hydrogen) atoms. The van der Waals surface area contributed by atoms with Gasteiger partial charge in [-0.1, -0.05) is 11.2 Å². The largest absolute Gasteiger partial charge is 0.410 e. The monoisotopic (exact) mass is 289 g/mol. The van der Waals surface area contributed by atoms with Crippen molar-refractivity contribution in [3.63, 3.8) is 0 Å². The molecule has 7 heteroatoms. The number of benzene rings is 1. The lowest BCUT2D eigenvalue weighted by atomic mass is 9.93. The highest BCUT2D eigenvalue weighted by atomic mass is 16.4. The van der Waals surface area contributed by atoms with Gasteiger partial charge in [0.05, 0.1) is 23.5 Å². The highest BCUT2D eigenvalue weighted by molar-refractivity contribution is 6.51. The standard InChI is InChI=1S/C14H15N3O4/c1-7-4-5-10(15-8(2)18)12-13(7)17(9(3)19)6-11(16-21)14(12)20/h4-5,21H,6H2,1-3H3,(H,15,18)/b16-11-. The summed E-state index contributed by atoms with van der Waals surface area (Å²) >= 11 is 0. The second kappa shape index (κ2) is 5.35. The zero-order chi connectivity index (χ0) is 15.7. The van der Waals surface area contributed by atoms with E-state index in [1.807, 2.05) is 0 Å². The molecule has 7 nitrogen and oxygen atoms in total. The van der Waals surface area contributed by atoms with Crippen molar-refractivity contribution in [1.82, 2.24) is 0 Å². The van der Waals surface area contributed by atoms with Gasteiger partial charge in [-0.15, -0.1) is 0 Å². The molecule has 0 aromatic heterocycles. The van der Waals surface area contributed by atoms with Crippen molar-refractivity contribution in [2.45, 2.75) is 20.8 Å². The topological polar surface area (TPSA) is 99.1 Å². The summed E-state index contributed by atoms with van der Waals surface area (Å²) in [6.07, 6.45) is 0. The second-order valence-corrected chi connectivity index (χ2v) is 4.82. The van der Waals surface area contributed by atoms with Gasteiger partial charge in [0.15, 0.2) is 0 Å². The number of nitrogens with zero attached hydrogens (tertiary/aromatic N) is 2. The molecule has 0 atom stereocenters. The highest BCUT2D eigenvalue weighted by Crippen LogP contribution is 2.35. The molecule has 0 saturated heterocycles. The zero-order valence-corrected chi connectivity index (χ0v) is 11.9. The SMILES string of the molecule is CC(=O)Nc1ccc(C)c2c1C(=O)/C(=N\O)CN2C(C)=O. The van der Waals surface area contributed by atoms with E-state index in [-0.39, 0.29) is 29.6 Å². The van der Waals surface area contributed by atoms with Crippen molar-refractivity contribution >= 4 is 34.7 Å². The van der Waals surface area contributed by atoms with Crippen molar-refractivity contribution in [1.29, 1.82) is 0 Å². The van der Waals surface area contributed by atoms with Gasteiger partial charge in [0.2, 0.25) is 17.6 Å². The van der Waals surface area contributed by atoms with Crippen LogP contribution in [-0.4, -0.2) is 35.1 Å². The molecule has 0 radical (unpaired) electrons. The number of anilines is 2. The van der Waals surface area contributed by atoms with Gasteiger partial charge in [0.1, 0.15) is 5.71 Å². The molecule has 0 unspecified atom stereocenters. The molecule has 1 aliphatic heterocycles. The van der Waals surface area contributed by atoms with E-state index in [1.54, 1.807) is 19.1 Å². The fourth-order valence-electron chi connectivity index (χ4n) is 2.36. The predicted octanol–water partition coefficient (Wildman–Crippen LogP) is 1.33. The number of oxime groups is 1. The first-order valence-electron chi connectivity index (χ1n) is 6.31. The van der Waals surface area contributed by atoms with Crippen LogP contribution in [-0.2, 0) is 9.59 Å². The summed E-state index contributed by atoms with van der Waals surface area (Å²) in [6, 6.07) is 3.31. The summed E-state index contributed by atoms with van der Waals surface area (Å²) in [5.74, 6) is -1.12. The summed E-state index contributed by atoms with van der Waals surface area (Å²) in [5.41, 5.74) is 1.47. The van der Waals surface area contributed by atoms with Crippen molar-refractivity contribution < 1.29 is 19.6 Å². The van der Waals surface area contributed by atoms with Crippen LogP contribution in [0.4, 0.5) is 11.4 Å². The van der Waals surface area contributed by atoms with Gasteiger partial charge in [-0.3, -0.25) is 14.4 Å². The maximum Gasteiger partial charge on any atom is 0.224 e. The van der Waals surface area contributed by atoms with Crippen molar-refractivity contribution in [3.05, 3.63) is 23.3 Å². The van der Waals surface area contributed by atoms with Gasteiger partial charge < -0.3 is 15.4 Å². The van der Waals surface area contributed by atoms with Crippen molar-refractivity contribution in [2.75, 3.05) is 16.8 Å². The minimum absolute atomic E-state index is 0.0952. The lowest BCUT2D eigenvalue weighted by molar-refractivity contribution is -0.116. The van der Waals surface area contributed by atoms with Gasteiger partial charge in [0.25, 0.3) is 0 Å². The summed E-state index contributed by atoms with van der Waals surface area (Å²) in [5, 5.41) is 14.5. The summed E-state index contributed by atoms with van der Waals surface area (Å²) in [7, 11) is 0. The highest BCUT2D eigenvalue weighted by Gasteiger charge is 2.34. The van der Waals surface area contributed by atoms with Crippen LogP contribution in [0, 0.1) is 6.92 Å². The Bertz CT molecular complexity index is 679. The van der Waals surface area contributed by atoms with Crippen molar-refractivity contribution in [3.8, 4) is 0 Å². The van der Waals surface area contributed by atoms with Gasteiger partial charge in [0, 0.05) is 13.8 Å². The zero-order valence-electron chi connectivity index (χ0n) is 11.9. The van der Waals surface area contributed by atoms with Crippen LogP contribution < -0.4 is 10.2 Å². The molecule has 2 N–H and O–H groups in total. The third-order valence-corrected chi connectivity index (χ3v) is 3.26. The maximum absolute atomic E-state index is 12.4. The Morgan fingerprint density at radius 2 is 2.00 bits per heavy atom. The third-order valence-electron chi connectivity index (χ3n) is 3.26.